The molecule has 0 aliphatic carbocycles. The summed E-state index contributed by atoms with van der Waals surface area (Å²) in [5, 5.41) is 0. The highest BCUT2D eigenvalue weighted by atomic mass is 32.2. The Hall–Kier alpha value is -2.98. The predicted octanol–water partition coefficient (Wildman–Crippen LogP) is 2.57. The van der Waals surface area contributed by atoms with Gasteiger partial charge in [-0.3, -0.25) is 4.79 Å². The topological polar surface area (TPSA) is 101 Å². The van der Waals surface area contributed by atoms with E-state index in [1.165, 1.54) is 58.1 Å². The SMILES string of the molecule is COC(=O)C[C@H]1c2cc(OC)c(OC)cc2CCN1S(=O)(=O)c1ccc(OC)c(OC)c1. The molecule has 10 heteroatoms. The van der Waals surface area contributed by atoms with Crippen LogP contribution in [0.5, 0.6) is 23.0 Å². The van der Waals surface area contributed by atoms with Gasteiger partial charge in [-0.2, -0.15) is 4.31 Å². The van der Waals surface area contributed by atoms with E-state index in [4.69, 9.17) is 23.7 Å². The zero-order valence-electron chi connectivity index (χ0n) is 18.7. The molecule has 3 rings (SSSR count). The van der Waals surface area contributed by atoms with Crippen LogP contribution in [0.4, 0.5) is 0 Å². The molecule has 0 saturated carbocycles. The number of esters is 1. The average Bonchev–Trinajstić information content (AvgIpc) is 2.82. The fourth-order valence-corrected chi connectivity index (χ4v) is 5.48. The number of methoxy groups -OCH3 is 5. The quantitative estimate of drug-likeness (QED) is 0.549. The molecule has 1 aliphatic heterocycles. The van der Waals surface area contributed by atoms with Crippen molar-refractivity contribution in [2.75, 3.05) is 42.1 Å². The monoisotopic (exact) mass is 465 g/mol. The van der Waals surface area contributed by atoms with Crippen LogP contribution < -0.4 is 18.9 Å². The van der Waals surface area contributed by atoms with E-state index in [0.29, 0.717) is 35.0 Å². The van der Waals surface area contributed by atoms with Crippen molar-refractivity contribution in [3.05, 3.63) is 41.5 Å². The van der Waals surface area contributed by atoms with E-state index in [2.05, 4.69) is 0 Å². The summed E-state index contributed by atoms with van der Waals surface area (Å²) in [6, 6.07) is 7.16. The van der Waals surface area contributed by atoms with Gasteiger partial charge in [0, 0.05) is 12.6 Å². The van der Waals surface area contributed by atoms with Crippen molar-refractivity contribution in [2.24, 2.45) is 0 Å². The molecule has 9 nitrogen and oxygen atoms in total. The van der Waals surface area contributed by atoms with Crippen LogP contribution in [0, 0.1) is 0 Å². The van der Waals surface area contributed by atoms with E-state index in [9.17, 15) is 13.2 Å². The summed E-state index contributed by atoms with van der Waals surface area (Å²) in [7, 11) is 3.23. The maximum Gasteiger partial charge on any atom is 0.307 e. The van der Waals surface area contributed by atoms with E-state index in [-0.39, 0.29) is 17.9 Å². The van der Waals surface area contributed by atoms with Crippen molar-refractivity contribution in [2.45, 2.75) is 23.8 Å². The lowest BCUT2D eigenvalue weighted by Crippen LogP contribution is -2.41. The molecular formula is C22H27NO8S. The second kappa shape index (κ2) is 9.66. The van der Waals surface area contributed by atoms with E-state index >= 15 is 0 Å². The summed E-state index contributed by atoms with van der Waals surface area (Å²) in [6.07, 6.45) is 0.297. The normalized spacial score (nSPS) is 16.1. The second-order valence-electron chi connectivity index (χ2n) is 7.08. The van der Waals surface area contributed by atoms with Crippen molar-refractivity contribution in [3.63, 3.8) is 0 Å². The molecule has 2 aromatic carbocycles. The number of hydrogen-bond donors (Lipinski definition) is 0. The van der Waals surface area contributed by atoms with Gasteiger partial charge in [-0.1, -0.05) is 0 Å². The fourth-order valence-electron chi connectivity index (χ4n) is 3.86. The van der Waals surface area contributed by atoms with Gasteiger partial charge in [-0.05, 0) is 41.8 Å². The van der Waals surface area contributed by atoms with Gasteiger partial charge < -0.3 is 23.7 Å². The lowest BCUT2D eigenvalue weighted by molar-refractivity contribution is -0.141. The minimum absolute atomic E-state index is 0.0361. The number of carbonyl (C=O) groups is 1. The standard InChI is InChI=1S/C22H27NO8S/c1-27-18-7-6-15(11-20(18)29-3)32(25,26)23-9-8-14-10-19(28-2)21(30-4)12-16(14)17(23)13-22(24)31-5/h6-7,10-12,17H,8-9,13H2,1-5H3/t17-/m0/s1. The molecule has 0 fully saturated rings. The number of sulfonamides is 1. The Balaban J connectivity index is 2.12. The fraction of sp³-hybridized carbons (Fsp3) is 0.409. The van der Waals surface area contributed by atoms with Gasteiger partial charge in [0.15, 0.2) is 23.0 Å². The van der Waals surface area contributed by atoms with Crippen molar-refractivity contribution in [1.82, 2.24) is 4.31 Å². The molecule has 0 saturated heterocycles. The zero-order chi connectivity index (χ0) is 23.5. The van der Waals surface area contributed by atoms with E-state index < -0.39 is 22.0 Å². The van der Waals surface area contributed by atoms with E-state index in [1.807, 2.05) is 6.07 Å². The predicted molar refractivity (Wildman–Crippen MR) is 116 cm³/mol. The van der Waals surface area contributed by atoms with Gasteiger partial charge in [-0.15, -0.1) is 0 Å². The van der Waals surface area contributed by atoms with Crippen LogP contribution in [0.3, 0.4) is 0 Å². The van der Waals surface area contributed by atoms with Crippen molar-refractivity contribution in [1.29, 1.82) is 0 Å². The van der Waals surface area contributed by atoms with Gasteiger partial charge in [0.05, 0.1) is 52.9 Å². The van der Waals surface area contributed by atoms with Gasteiger partial charge >= 0.3 is 5.97 Å². The Morgan fingerprint density at radius 3 is 2.09 bits per heavy atom. The smallest absolute Gasteiger partial charge is 0.307 e. The first kappa shape index (κ1) is 23.7. The molecule has 32 heavy (non-hydrogen) atoms. The number of fused-ring (bicyclic) bond motifs is 1. The number of ether oxygens (including phenoxy) is 5. The van der Waals surface area contributed by atoms with Crippen molar-refractivity contribution in [3.8, 4) is 23.0 Å². The summed E-state index contributed by atoms with van der Waals surface area (Å²) in [4.78, 5) is 12.3. The molecule has 0 bridgehead atoms. The van der Waals surface area contributed by atoms with Crippen molar-refractivity contribution >= 4 is 16.0 Å². The Labute approximate surface area is 187 Å². The molecule has 0 amide bonds. The highest BCUT2D eigenvalue weighted by molar-refractivity contribution is 7.89. The molecule has 0 N–H and O–H groups in total. The minimum Gasteiger partial charge on any atom is -0.493 e. The van der Waals surface area contributed by atoms with Crippen LogP contribution in [0.1, 0.15) is 23.6 Å². The first-order valence-corrected chi connectivity index (χ1v) is 11.3. The van der Waals surface area contributed by atoms with Crippen molar-refractivity contribution < 1.29 is 36.9 Å². The Bertz CT molecular complexity index is 1100. The van der Waals surface area contributed by atoms with Crippen LogP contribution >= 0.6 is 0 Å². The number of rotatable bonds is 8. The summed E-state index contributed by atoms with van der Waals surface area (Å²) in [6.45, 7) is 0.181. The van der Waals surface area contributed by atoms with Gasteiger partial charge in [0.25, 0.3) is 0 Å². The molecule has 0 aromatic heterocycles. The lowest BCUT2D eigenvalue weighted by Gasteiger charge is -2.36. The Morgan fingerprint density at radius 1 is 0.906 bits per heavy atom. The summed E-state index contributed by atoms with van der Waals surface area (Å²) in [5.74, 6) is 1.18. The molecule has 1 heterocycles. The largest absolute Gasteiger partial charge is 0.493 e. The molecule has 174 valence electrons. The van der Waals surface area contributed by atoms with Crippen LogP contribution in [0.15, 0.2) is 35.2 Å². The molecule has 1 aliphatic rings. The van der Waals surface area contributed by atoms with Crippen LogP contribution in [-0.4, -0.2) is 60.8 Å². The van der Waals surface area contributed by atoms with Gasteiger partial charge in [0.1, 0.15) is 0 Å². The first-order chi connectivity index (χ1) is 15.3. The molecular weight excluding hydrogens is 438 g/mol. The molecule has 1 atom stereocenters. The summed E-state index contributed by atoms with van der Waals surface area (Å²) in [5.41, 5.74) is 1.55. The molecule has 0 spiro atoms. The minimum atomic E-state index is -3.98. The van der Waals surface area contributed by atoms with E-state index in [0.717, 1.165) is 5.56 Å². The third-order valence-electron chi connectivity index (χ3n) is 5.50. The number of nitrogens with zero attached hydrogens (tertiary/aromatic N) is 1. The lowest BCUT2D eigenvalue weighted by atomic mass is 9.91. The summed E-state index contributed by atoms with van der Waals surface area (Å²) >= 11 is 0. The van der Waals surface area contributed by atoms with Gasteiger partial charge in [0.2, 0.25) is 10.0 Å². The zero-order valence-corrected chi connectivity index (χ0v) is 19.5. The highest BCUT2D eigenvalue weighted by Crippen LogP contribution is 2.42. The summed E-state index contributed by atoms with van der Waals surface area (Å²) < 4.78 is 54.7. The Kier molecular flexibility index (Phi) is 7.15. The maximum absolute atomic E-state index is 13.6. The highest BCUT2D eigenvalue weighted by Gasteiger charge is 2.39. The number of carbonyl (C=O) groups excluding carboxylic acids is 1. The average molecular weight is 466 g/mol. The van der Waals surface area contributed by atoms with E-state index in [1.54, 1.807) is 6.07 Å². The van der Waals surface area contributed by atoms with Gasteiger partial charge in [-0.25, -0.2) is 8.42 Å². The molecule has 0 radical (unpaired) electrons. The first-order valence-electron chi connectivity index (χ1n) is 9.86. The Morgan fingerprint density at radius 2 is 1.50 bits per heavy atom. The van der Waals surface area contributed by atoms with Crippen LogP contribution in [0.25, 0.3) is 0 Å². The maximum atomic E-state index is 13.6. The second-order valence-corrected chi connectivity index (χ2v) is 8.98. The third-order valence-corrected chi connectivity index (χ3v) is 7.41. The third kappa shape index (κ3) is 4.33. The molecule has 0 unspecified atom stereocenters. The number of hydrogen-bond acceptors (Lipinski definition) is 8. The molecule has 2 aromatic rings. The number of benzene rings is 2. The van der Waals surface area contributed by atoms with Crippen LogP contribution in [0.2, 0.25) is 0 Å². The van der Waals surface area contributed by atoms with Crippen LogP contribution in [-0.2, 0) is 26.0 Å².